The van der Waals surface area contributed by atoms with Crippen LogP contribution in [0.5, 0.6) is 5.75 Å². The molecule has 2 aromatic carbocycles. The monoisotopic (exact) mass is 478 g/mol. The number of hydrogen-bond acceptors (Lipinski definition) is 8. The number of aromatic amines is 1. The first-order valence-corrected chi connectivity index (χ1v) is 11.9. The van der Waals surface area contributed by atoms with E-state index >= 15 is 0 Å². The van der Waals surface area contributed by atoms with E-state index in [-0.39, 0.29) is 17.1 Å². The summed E-state index contributed by atoms with van der Waals surface area (Å²) in [5.41, 5.74) is 1.67. The number of aliphatic hydroxyl groups is 1. The van der Waals surface area contributed by atoms with Crippen molar-refractivity contribution in [3.05, 3.63) is 54.9 Å². The van der Waals surface area contributed by atoms with Gasteiger partial charge in [0, 0.05) is 12.2 Å². The predicted molar refractivity (Wildman–Crippen MR) is 118 cm³/mol. The number of hydrogen-bond donors (Lipinski definition) is 4. The van der Waals surface area contributed by atoms with Gasteiger partial charge in [-0.3, -0.25) is 9.89 Å². The van der Waals surface area contributed by atoms with Crippen molar-refractivity contribution in [2.45, 2.75) is 28.6 Å². The lowest BCUT2D eigenvalue weighted by molar-refractivity contribution is -0.139. The molecule has 0 saturated carbocycles. The molecule has 10 nitrogen and oxygen atoms in total. The average molecular weight is 479 g/mol. The van der Waals surface area contributed by atoms with E-state index in [1.807, 2.05) is 12.1 Å². The first kappa shape index (κ1) is 23.7. The van der Waals surface area contributed by atoms with Crippen molar-refractivity contribution in [3.8, 4) is 16.9 Å². The quantitative estimate of drug-likeness (QED) is 0.302. The highest BCUT2D eigenvalue weighted by Gasteiger charge is 2.28. The number of sulfonamides is 1. The molecule has 0 amide bonds. The van der Waals surface area contributed by atoms with Gasteiger partial charge >= 0.3 is 5.97 Å². The smallest absolute Gasteiger partial charge is 0.321 e. The summed E-state index contributed by atoms with van der Waals surface area (Å²) in [6.07, 6.45) is -0.0154. The molecular weight excluding hydrogens is 456 g/mol. The lowest BCUT2D eigenvalue weighted by Crippen LogP contribution is -2.43. The van der Waals surface area contributed by atoms with E-state index in [4.69, 9.17) is 4.74 Å². The highest BCUT2D eigenvalue weighted by atomic mass is 32.2. The van der Waals surface area contributed by atoms with Crippen LogP contribution in [-0.4, -0.2) is 64.8 Å². The van der Waals surface area contributed by atoms with Crippen molar-refractivity contribution in [3.63, 3.8) is 0 Å². The number of carboxylic acids is 1. The Balaban J connectivity index is 1.65. The van der Waals surface area contributed by atoms with Crippen molar-refractivity contribution >= 4 is 27.8 Å². The molecule has 0 radical (unpaired) electrons. The van der Waals surface area contributed by atoms with Crippen LogP contribution in [0.25, 0.3) is 11.1 Å². The summed E-state index contributed by atoms with van der Waals surface area (Å²) in [6.45, 7) is 0. The number of methoxy groups -OCH3 is 1. The standard InChI is InChI=1S/C20H22N4O6S2/c1-30-16-6-2-13(3-7-16)14-4-8-17(9-5-14)32(28,29)24-18(19(26)27)10-15(25)11-31-20-21-12-22-23-20/h2-9,12,15,18,24-25H,10-11H2,1H3,(H,26,27)(H,21,22,23). The topological polar surface area (TPSA) is 154 Å². The zero-order chi connectivity index (χ0) is 23.1. The Kier molecular flexibility index (Phi) is 7.85. The van der Waals surface area contributed by atoms with Crippen LogP contribution in [0, 0.1) is 0 Å². The molecule has 1 heterocycles. The number of rotatable bonds is 11. The molecule has 12 heteroatoms. The maximum atomic E-state index is 12.7. The summed E-state index contributed by atoms with van der Waals surface area (Å²) in [4.78, 5) is 15.4. The largest absolute Gasteiger partial charge is 0.497 e. The Labute approximate surface area is 189 Å². The van der Waals surface area contributed by atoms with Gasteiger partial charge in [0.15, 0.2) is 0 Å². The normalized spacial score (nSPS) is 13.4. The van der Waals surface area contributed by atoms with E-state index in [1.165, 1.54) is 18.5 Å². The highest BCUT2D eigenvalue weighted by Crippen LogP contribution is 2.24. The molecule has 0 fully saturated rings. The number of nitrogens with zero attached hydrogens (tertiary/aromatic N) is 2. The molecule has 2 unspecified atom stereocenters. The molecule has 1 aromatic heterocycles. The molecule has 32 heavy (non-hydrogen) atoms. The predicted octanol–water partition coefficient (Wildman–Crippen LogP) is 1.76. The zero-order valence-corrected chi connectivity index (χ0v) is 18.6. The van der Waals surface area contributed by atoms with Gasteiger partial charge in [-0.2, -0.15) is 4.72 Å². The minimum absolute atomic E-state index is 0.0781. The number of aromatic nitrogens is 3. The minimum Gasteiger partial charge on any atom is -0.497 e. The summed E-state index contributed by atoms with van der Waals surface area (Å²) in [6, 6.07) is 11.9. The van der Waals surface area contributed by atoms with Crippen molar-refractivity contribution in [1.29, 1.82) is 0 Å². The molecule has 0 aliphatic carbocycles. The number of aliphatic carboxylic acids is 1. The van der Waals surface area contributed by atoms with E-state index in [9.17, 15) is 23.4 Å². The van der Waals surface area contributed by atoms with Gasteiger partial charge in [-0.1, -0.05) is 36.0 Å². The Bertz CT molecular complexity index is 1120. The van der Waals surface area contributed by atoms with Crippen LogP contribution < -0.4 is 9.46 Å². The van der Waals surface area contributed by atoms with Gasteiger partial charge in [0.1, 0.15) is 18.1 Å². The number of carbonyl (C=O) groups is 1. The number of thioether (sulfide) groups is 1. The Hall–Kier alpha value is -2.93. The lowest BCUT2D eigenvalue weighted by Gasteiger charge is -2.18. The van der Waals surface area contributed by atoms with Crippen molar-refractivity contribution in [2.75, 3.05) is 12.9 Å². The maximum Gasteiger partial charge on any atom is 0.321 e. The summed E-state index contributed by atoms with van der Waals surface area (Å²) in [7, 11) is -2.55. The number of carboxylic acid groups (broad SMARTS) is 1. The average Bonchev–Trinajstić information content (AvgIpc) is 3.31. The van der Waals surface area contributed by atoms with Crippen molar-refractivity contribution < 1.29 is 28.2 Å². The third kappa shape index (κ3) is 6.29. The van der Waals surface area contributed by atoms with Crippen LogP contribution in [-0.2, 0) is 14.8 Å². The number of benzene rings is 2. The molecule has 0 aliphatic heterocycles. The van der Waals surface area contributed by atoms with Crippen LogP contribution in [0.4, 0.5) is 0 Å². The fraction of sp³-hybridized carbons (Fsp3) is 0.250. The second kappa shape index (κ2) is 10.6. The highest BCUT2D eigenvalue weighted by molar-refractivity contribution is 7.99. The van der Waals surface area contributed by atoms with Gasteiger partial charge in [-0.05, 0) is 35.4 Å². The molecule has 170 valence electrons. The van der Waals surface area contributed by atoms with Crippen LogP contribution in [0.15, 0.2) is 64.9 Å². The van der Waals surface area contributed by atoms with Crippen LogP contribution in [0.2, 0.25) is 0 Å². The Morgan fingerprint density at radius 3 is 2.31 bits per heavy atom. The van der Waals surface area contributed by atoms with Crippen LogP contribution in [0.1, 0.15) is 6.42 Å². The third-order valence-corrected chi connectivity index (χ3v) is 6.98. The molecule has 4 N–H and O–H groups in total. The van der Waals surface area contributed by atoms with E-state index in [0.717, 1.165) is 22.9 Å². The first-order chi connectivity index (χ1) is 15.3. The Morgan fingerprint density at radius 1 is 1.16 bits per heavy atom. The summed E-state index contributed by atoms with van der Waals surface area (Å²) in [5, 5.41) is 26.3. The van der Waals surface area contributed by atoms with Gasteiger partial charge in [-0.15, -0.1) is 5.10 Å². The lowest BCUT2D eigenvalue weighted by atomic mass is 10.1. The van der Waals surface area contributed by atoms with Gasteiger partial charge in [0.2, 0.25) is 15.2 Å². The third-order valence-electron chi connectivity index (χ3n) is 4.49. The number of H-pyrrole nitrogens is 1. The molecule has 3 aromatic rings. The number of ether oxygens (including phenoxy) is 1. The van der Waals surface area contributed by atoms with Crippen molar-refractivity contribution in [1.82, 2.24) is 19.9 Å². The Morgan fingerprint density at radius 2 is 1.78 bits per heavy atom. The number of aliphatic hydroxyl groups excluding tert-OH is 1. The number of nitrogens with one attached hydrogen (secondary N) is 2. The minimum atomic E-state index is -4.12. The molecule has 0 spiro atoms. The molecule has 0 aliphatic rings. The van der Waals surface area contributed by atoms with Crippen LogP contribution >= 0.6 is 11.8 Å². The molecule has 3 rings (SSSR count). The van der Waals surface area contributed by atoms with E-state index < -0.39 is 28.1 Å². The van der Waals surface area contributed by atoms with Crippen LogP contribution in [0.3, 0.4) is 0 Å². The fourth-order valence-electron chi connectivity index (χ4n) is 2.84. The molecular formula is C20H22N4O6S2. The van der Waals surface area contributed by atoms with E-state index in [1.54, 1.807) is 31.4 Å². The van der Waals surface area contributed by atoms with Crippen molar-refractivity contribution in [2.24, 2.45) is 0 Å². The van der Waals surface area contributed by atoms with Gasteiger partial charge < -0.3 is 14.9 Å². The molecule has 2 atom stereocenters. The molecule has 0 bridgehead atoms. The first-order valence-electron chi connectivity index (χ1n) is 9.45. The van der Waals surface area contributed by atoms with Gasteiger partial charge in [0.05, 0.1) is 18.1 Å². The zero-order valence-electron chi connectivity index (χ0n) is 17.0. The SMILES string of the molecule is COc1ccc(-c2ccc(S(=O)(=O)NC(CC(O)CSc3nc[nH]n3)C(=O)O)cc2)cc1. The second-order valence-corrected chi connectivity index (χ2v) is 9.45. The second-order valence-electron chi connectivity index (χ2n) is 6.75. The van der Waals surface area contributed by atoms with Gasteiger partial charge in [-0.25, -0.2) is 13.4 Å². The maximum absolute atomic E-state index is 12.7. The van der Waals surface area contributed by atoms with Gasteiger partial charge in [0.25, 0.3) is 0 Å². The summed E-state index contributed by atoms with van der Waals surface area (Å²) < 4.78 is 32.7. The molecule has 0 saturated heterocycles. The summed E-state index contributed by atoms with van der Waals surface area (Å²) >= 11 is 1.12. The fourth-order valence-corrected chi connectivity index (χ4v) is 4.77. The summed E-state index contributed by atoms with van der Waals surface area (Å²) in [5.74, 6) is -0.566. The van der Waals surface area contributed by atoms with E-state index in [0.29, 0.717) is 10.9 Å². The van der Waals surface area contributed by atoms with E-state index in [2.05, 4.69) is 19.9 Å².